The number of fused-ring (bicyclic) bond motifs is 1. The van der Waals surface area contributed by atoms with Crippen LogP contribution in [0.4, 0.5) is 18.9 Å². The largest absolute Gasteiger partial charge is 0.434 e. The molecule has 1 N–H and O–H groups in total. The highest BCUT2D eigenvalue weighted by atomic mass is 35.5. The fourth-order valence-electron chi connectivity index (χ4n) is 3.62. The fourth-order valence-corrected chi connectivity index (χ4v) is 4.81. The summed E-state index contributed by atoms with van der Waals surface area (Å²) >= 11 is 7.38. The van der Waals surface area contributed by atoms with Gasteiger partial charge in [-0.15, -0.1) is 11.3 Å². The maximum atomic E-state index is 13.9. The van der Waals surface area contributed by atoms with Crippen LogP contribution >= 0.6 is 22.9 Å². The van der Waals surface area contributed by atoms with E-state index in [4.69, 9.17) is 11.6 Å². The van der Waals surface area contributed by atoms with Crippen LogP contribution in [-0.2, 0) is 6.18 Å². The second-order valence-corrected chi connectivity index (χ2v) is 9.28. The van der Waals surface area contributed by atoms with Crippen LogP contribution in [-0.4, -0.2) is 20.7 Å². The van der Waals surface area contributed by atoms with Gasteiger partial charge in [0.1, 0.15) is 5.01 Å². The number of anilines is 1. The molecule has 5 rings (SSSR count). The maximum Gasteiger partial charge on any atom is 0.434 e. The molecule has 0 bridgehead atoms. The van der Waals surface area contributed by atoms with E-state index in [9.17, 15) is 18.0 Å². The average molecular weight is 513 g/mol. The van der Waals surface area contributed by atoms with E-state index in [-0.39, 0.29) is 5.69 Å². The Balaban J connectivity index is 1.41. The van der Waals surface area contributed by atoms with Gasteiger partial charge in [0, 0.05) is 16.3 Å². The molecule has 0 atom stereocenters. The van der Waals surface area contributed by atoms with Crippen molar-refractivity contribution in [2.24, 2.45) is 0 Å². The van der Waals surface area contributed by atoms with E-state index >= 15 is 0 Å². The number of hydrogen-bond acceptors (Lipinski definition) is 4. The van der Waals surface area contributed by atoms with Gasteiger partial charge in [-0.1, -0.05) is 17.7 Å². The van der Waals surface area contributed by atoms with E-state index in [1.165, 1.54) is 24.3 Å². The Morgan fingerprint density at radius 2 is 1.74 bits per heavy atom. The van der Waals surface area contributed by atoms with Crippen LogP contribution in [0.3, 0.4) is 0 Å². The summed E-state index contributed by atoms with van der Waals surface area (Å²) in [4.78, 5) is 17.4. The van der Waals surface area contributed by atoms with E-state index < -0.39 is 23.3 Å². The summed E-state index contributed by atoms with van der Waals surface area (Å²) in [5, 5.41) is 7.52. The Kier molecular flexibility index (Phi) is 5.82. The van der Waals surface area contributed by atoms with Gasteiger partial charge in [-0.05, 0) is 73.2 Å². The highest BCUT2D eigenvalue weighted by Gasteiger charge is 2.40. The standard InChI is InChI=1S/C25H16ClF3N4OS/c1-14-2-11-20-21(12-14)35-24(32-20)15-3-7-17(8-4-15)31-23(34)19-13-30-33(22(19)25(27,28)29)18-9-5-16(26)6-10-18/h2-13H,1H3,(H,31,34). The highest BCUT2D eigenvalue weighted by molar-refractivity contribution is 7.21. The zero-order chi connectivity index (χ0) is 24.7. The van der Waals surface area contributed by atoms with Crippen molar-refractivity contribution in [3.63, 3.8) is 0 Å². The van der Waals surface area contributed by atoms with Crippen molar-refractivity contribution in [3.8, 4) is 16.3 Å². The van der Waals surface area contributed by atoms with Crippen molar-refractivity contribution in [3.05, 3.63) is 94.8 Å². The van der Waals surface area contributed by atoms with Gasteiger partial charge >= 0.3 is 6.18 Å². The molecule has 5 nitrogen and oxygen atoms in total. The number of thiazole rings is 1. The molecule has 0 aliphatic carbocycles. The summed E-state index contributed by atoms with van der Waals surface area (Å²) in [6.45, 7) is 2.01. The van der Waals surface area contributed by atoms with Crippen LogP contribution in [0.5, 0.6) is 0 Å². The Hall–Kier alpha value is -3.69. The number of halogens is 4. The Labute approximate surface area is 206 Å². The molecule has 0 spiro atoms. The molecule has 35 heavy (non-hydrogen) atoms. The summed E-state index contributed by atoms with van der Waals surface area (Å²) in [6, 6.07) is 18.5. The molecule has 5 aromatic rings. The molecule has 0 saturated carbocycles. The smallest absolute Gasteiger partial charge is 0.322 e. The minimum atomic E-state index is -4.81. The van der Waals surface area contributed by atoms with E-state index in [0.717, 1.165) is 32.5 Å². The number of hydrogen-bond donors (Lipinski definition) is 1. The van der Waals surface area contributed by atoms with Crippen LogP contribution in [0, 0.1) is 6.92 Å². The number of nitrogens with one attached hydrogen (secondary N) is 1. The lowest BCUT2D eigenvalue weighted by atomic mass is 10.2. The van der Waals surface area contributed by atoms with Gasteiger partial charge in [-0.3, -0.25) is 4.79 Å². The molecule has 3 aromatic carbocycles. The van der Waals surface area contributed by atoms with Crippen molar-refractivity contribution < 1.29 is 18.0 Å². The average Bonchev–Trinajstić information content (AvgIpc) is 3.44. The fraction of sp³-hybridized carbons (Fsp3) is 0.0800. The summed E-state index contributed by atoms with van der Waals surface area (Å²) in [5.41, 5.74) is 1.61. The van der Waals surface area contributed by atoms with Gasteiger partial charge in [0.2, 0.25) is 0 Å². The number of carbonyl (C=O) groups excluding carboxylic acids is 1. The van der Waals surface area contributed by atoms with Crippen LogP contribution in [0.25, 0.3) is 26.5 Å². The molecule has 176 valence electrons. The topological polar surface area (TPSA) is 59.8 Å². The van der Waals surface area contributed by atoms with Crippen LogP contribution < -0.4 is 5.32 Å². The van der Waals surface area contributed by atoms with Crippen molar-refractivity contribution in [1.82, 2.24) is 14.8 Å². The van der Waals surface area contributed by atoms with Gasteiger partial charge in [0.15, 0.2) is 5.69 Å². The predicted octanol–water partition coefficient (Wildman–Crippen LogP) is 7.38. The number of alkyl halides is 3. The molecule has 0 aliphatic heterocycles. The number of amides is 1. The van der Waals surface area contributed by atoms with Crippen molar-refractivity contribution in [2.45, 2.75) is 13.1 Å². The van der Waals surface area contributed by atoms with Gasteiger partial charge < -0.3 is 5.32 Å². The molecule has 0 unspecified atom stereocenters. The zero-order valence-corrected chi connectivity index (χ0v) is 19.7. The lowest BCUT2D eigenvalue weighted by Crippen LogP contribution is -2.20. The van der Waals surface area contributed by atoms with Crippen LogP contribution in [0.1, 0.15) is 21.6 Å². The molecular formula is C25H16ClF3N4OS. The number of nitrogens with zero attached hydrogens (tertiary/aromatic N) is 3. The number of carbonyl (C=O) groups is 1. The van der Waals surface area contributed by atoms with E-state index in [0.29, 0.717) is 15.4 Å². The van der Waals surface area contributed by atoms with Gasteiger partial charge in [-0.25, -0.2) is 9.67 Å². The lowest BCUT2D eigenvalue weighted by Gasteiger charge is -2.13. The van der Waals surface area contributed by atoms with Gasteiger partial charge in [0.05, 0.1) is 27.7 Å². The Morgan fingerprint density at radius 1 is 1.03 bits per heavy atom. The molecule has 2 heterocycles. The SMILES string of the molecule is Cc1ccc2nc(-c3ccc(NC(=O)c4cnn(-c5ccc(Cl)cc5)c4C(F)(F)F)cc3)sc2c1. The minimum Gasteiger partial charge on any atom is -0.322 e. The second kappa shape index (κ2) is 8.83. The van der Waals surface area contributed by atoms with E-state index in [1.807, 2.05) is 19.1 Å². The molecule has 0 fully saturated rings. The quantitative estimate of drug-likeness (QED) is 0.273. The lowest BCUT2D eigenvalue weighted by molar-refractivity contribution is -0.143. The van der Waals surface area contributed by atoms with Crippen LogP contribution in [0.15, 0.2) is 72.9 Å². The highest BCUT2D eigenvalue weighted by Crippen LogP contribution is 2.35. The third-order valence-electron chi connectivity index (χ3n) is 5.29. The molecule has 0 aliphatic rings. The first-order chi connectivity index (χ1) is 16.7. The summed E-state index contributed by atoms with van der Waals surface area (Å²) in [7, 11) is 0. The van der Waals surface area contributed by atoms with E-state index in [2.05, 4.69) is 21.5 Å². The third-order valence-corrected chi connectivity index (χ3v) is 6.61. The Morgan fingerprint density at radius 3 is 2.43 bits per heavy atom. The van der Waals surface area contributed by atoms with Crippen molar-refractivity contribution >= 4 is 44.7 Å². The summed E-state index contributed by atoms with van der Waals surface area (Å²) in [5.74, 6) is -0.916. The van der Waals surface area contributed by atoms with Crippen LogP contribution in [0.2, 0.25) is 5.02 Å². The predicted molar refractivity (Wildman–Crippen MR) is 131 cm³/mol. The van der Waals surface area contributed by atoms with Gasteiger partial charge in [-0.2, -0.15) is 18.3 Å². The summed E-state index contributed by atoms with van der Waals surface area (Å²) in [6.07, 6.45) is -3.90. The first kappa shape index (κ1) is 23.1. The summed E-state index contributed by atoms with van der Waals surface area (Å²) < 4.78 is 43.4. The molecule has 1 amide bonds. The van der Waals surface area contributed by atoms with E-state index in [1.54, 1.807) is 35.6 Å². The monoisotopic (exact) mass is 512 g/mol. The first-order valence-electron chi connectivity index (χ1n) is 10.4. The number of rotatable bonds is 4. The molecule has 0 saturated heterocycles. The maximum absolute atomic E-state index is 13.9. The Bertz CT molecular complexity index is 1540. The molecule has 10 heteroatoms. The number of benzene rings is 3. The zero-order valence-electron chi connectivity index (χ0n) is 18.1. The minimum absolute atomic E-state index is 0.135. The molecule has 2 aromatic heterocycles. The second-order valence-electron chi connectivity index (χ2n) is 7.81. The molecule has 0 radical (unpaired) electrons. The van der Waals surface area contributed by atoms with Gasteiger partial charge in [0.25, 0.3) is 5.91 Å². The number of aromatic nitrogens is 3. The van der Waals surface area contributed by atoms with Crippen molar-refractivity contribution in [2.75, 3.05) is 5.32 Å². The first-order valence-corrected chi connectivity index (χ1v) is 11.6. The number of aryl methyl sites for hydroxylation is 1. The van der Waals surface area contributed by atoms with Crippen molar-refractivity contribution in [1.29, 1.82) is 0 Å². The molecular weight excluding hydrogens is 497 g/mol. The normalized spacial score (nSPS) is 11.7. The third kappa shape index (κ3) is 4.65.